The predicted octanol–water partition coefficient (Wildman–Crippen LogP) is 2.41. The molecule has 1 aromatic carbocycles. The number of hydrogen-bond acceptors (Lipinski definition) is 5. The third-order valence-corrected chi connectivity index (χ3v) is 2.91. The van der Waals surface area contributed by atoms with E-state index in [0.717, 1.165) is 5.76 Å². The largest absolute Gasteiger partial charge is 0.492 e. The van der Waals surface area contributed by atoms with Crippen LogP contribution in [0.4, 0.5) is 0 Å². The van der Waals surface area contributed by atoms with Gasteiger partial charge in [-0.25, -0.2) is 9.78 Å². The smallest absolute Gasteiger partial charge is 0.335 e. The van der Waals surface area contributed by atoms with Crippen LogP contribution in [0.1, 0.15) is 35.0 Å². The maximum absolute atomic E-state index is 10.8. The van der Waals surface area contributed by atoms with Gasteiger partial charge >= 0.3 is 5.97 Å². The minimum Gasteiger partial charge on any atom is -0.492 e. The van der Waals surface area contributed by atoms with Crippen LogP contribution in [0.15, 0.2) is 34.9 Å². The van der Waals surface area contributed by atoms with Gasteiger partial charge in [0.15, 0.2) is 0 Å². The van der Waals surface area contributed by atoms with Crippen molar-refractivity contribution < 1.29 is 19.1 Å². The first-order valence-corrected chi connectivity index (χ1v) is 6.68. The van der Waals surface area contributed by atoms with Gasteiger partial charge in [0, 0.05) is 6.54 Å². The van der Waals surface area contributed by atoms with Gasteiger partial charge < -0.3 is 19.6 Å². The number of hydrogen-bond donors (Lipinski definition) is 2. The highest BCUT2D eigenvalue weighted by Gasteiger charge is 2.10. The monoisotopic (exact) mass is 290 g/mol. The first kappa shape index (κ1) is 15.1. The summed E-state index contributed by atoms with van der Waals surface area (Å²) in [7, 11) is 0. The number of nitrogens with one attached hydrogen (secondary N) is 1. The zero-order valence-electron chi connectivity index (χ0n) is 12.0. The average Bonchev–Trinajstić information content (AvgIpc) is 2.90. The van der Waals surface area contributed by atoms with Crippen molar-refractivity contribution in [2.24, 2.45) is 0 Å². The van der Waals surface area contributed by atoms with E-state index >= 15 is 0 Å². The average molecular weight is 290 g/mol. The summed E-state index contributed by atoms with van der Waals surface area (Å²) in [6, 6.07) is 6.41. The number of benzene rings is 1. The van der Waals surface area contributed by atoms with Crippen molar-refractivity contribution in [3.05, 3.63) is 47.7 Å². The van der Waals surface area contributed by atoms with Crippen molar-refractivity contribution in [3.63, 3.8) is 0 Å². The van der Waals surface area contributed by atoms with Crippen LogP contribution < -0.4 is 10.1 Å². The summed E-state index contributed by atoms with van der Waals surface area (Å²) in [5.74, 6) is 0.989. The third-order valence-electron chi connectivity index (χ3n) is 2.91. The van der Waals surface area contributed by atoms with Gasteiger partial charge in [-0.15, -0.1) is 0 Å². The molecule has 1 aromatic heterocycles. The fourth-order valence-electron chi connectivity index (χ4n) is 1.82. The number of oxazole rings is 1. The molecule has 0 aliphatic rings. The molecule has 2 rings (SSSR count). The number of nitrogens with zero attached hydrogens (tertiary/aromatic N) is 1. The second kappa shape index (κ2) is 6.90. The van der Waals surface area contributed by atoms with Crippen LogP contribution in [-0.2, 0) is 0 Å². The highest BCUT2D eigenvalue weighted by Crippen LogP contribution is 2.14. The Balaban J connectivity index is 1.77. The molecule has 6 heteroatoms. The van der Waals surface area contributed by atoms with E-state index in [-0.39, 0.29) is 11.6 Å². The van der Waals surface area contributed by atoms with Crippen LogP contribution in [0.3, 0.4) is 0 Å². The first-order chi connectivity index (χ1) is 10.1. The summed E-state index contributed by atoms with van der Waals surface area (Å²) in [4.78, 5) is 15.0. The fourth-order valence-corrected chi connectivity index (χ4v) is 1.82. The molecule has 0 fully saturated rings. The summed E-state index contributed by atoms with van der Waals surface area (Å²) in [5.41, 5.74) is 0.212. The SMILES string of the molecule is Cc1cnc(C(C)NCCOc2cccc(C(=O)O)c2)o1. The quantitative estimate of drug-likeness (QED) is 0.762. The van der Waals surface area contributed by atoms with E-state index in [4.69, 9.17) is 14.3 Å². The Labute approximate surface area is 122 Å². The molecule has 0 saturated carbocycles. The van der Waals surface area contributed by atoms with Gasteiger partial charge in [-0.3, -0.25) is 0 Å². The molecule has 21 heavy (non-hydrogen) atoms. The highest BCUT2D eigenvalue weighted by atomic mass is 16.5. The molecule has 0 amide bonds. The van der Waals surface area contributed by atoms with Crippen molar-refractivity contribution in [2.45, 2.75) is 19.9 Å². The number of aromatic nitrogens is 1. The van der Waals surface area contributed by atoms with E-state index in [1.807, 2.05) is 13.8 Å². The van der Waals surface area contributed by atoms with E-state index in [0.29, 0.717) is 24.8 Å². The topological polar surface area (TPSA) is 84.6 Å². The molecule has 2 N–H and O–H groups in total. The normalized spacial score (nSPS) is 12.1. The van der Waals surface area contributed by atoms with Crippen molar-refractivity contribution in [1.82, 2.24) is 10.3 Å². The number of rotatable bonds is 7. The summed E-state index contributed by atoms with van der Waals surface area (Å²) in [5, 5.41) is 12.1. The molecule has 1 atom stereocenters. The maximum Gasteiger partial charge on any atom is 0.335 e. The minimum absolute atomic E-state index is 0.00680. The molecule has 2 aromatic rings. The van der Waals surface area contributed by atoms with Gasteiger partial charge in [0.1, 0.15) is 18.1 Å². The molecule has 0 aliphatic heterocycles. The lowest BCUT2D eigenvalue weighted by atomic mass is 10.2. The van der Waals surface area contributed by atoms with Gasteiger partial charge in [0.05, 0.1) is 17.8 Å². The minimum atomic E-state index is -0.966. The van der Waals surface area contributed by atoms with Gasteiger partial charge in [-0.1, -0.05) is 6.07 Å². The Morgan fingerprint density at radius 2 is 2.33 bits per heavy atom. The van der Waals surface area contributed by atoms with Crippen LogP contribution in [0.2, 0.25) is 0 Å². The zero-order chi connectivity index (χ0) is 15.2. The van der Waals surface area contributed by atoms with Crippen molar-refractivity contribution in [1.29, 1.82) is 0 Å². The molecule has 1 unspecified atom stereocenters. The Kier molecular flexibility index (Phi) is 4.94. The van der Waals surface area contributed by atoms with Gasteiger partial charge in [0.2, 0.25) is 5.89 Å². The first-order valence-electron chi connectivity index (χ1n) is 6.68. The van der Waals surface area contributed by atoms with Crippen LogP contribution in [-0.4, -0.2) is 29.2 Å². The number of ether oxygens (including phenoxy) is 1. The molecule has 0 bridgehead atoms. The Bertz CT molecular complexity index is 609. The Morgan fingerprint density at radius 3 is 3.00 bits per heavy atom. The van der Waals surface area contributed by atoms with Crippen molar-refractivity contribution in [3.8, 4) is 5.75 Å². The standard InChI is InChI=1S/C15H18N2O4/c1-10-9-17-14(21-10)11(2)16-6-7-20-13-5-3-4-12(8-13)15(18)19/h3-5,8-9,11,16H,6-7H2,1-2H3,(H,18,19). The number of carboxylic acid groups (broad SMARTS) is 1. The molecule has 0 aliphatic carbocycles. The maximum atomic E-state index is 10.8. The van der Waals surface area contributed by atoms with Gasteiger partial charge in [-0.2, -0.15) is 0 Å². The number of aryl methyl sites for hydroxylation is 1. The van der Waals surface area contributed by atoms with E-state index < -0.39 is 5.97 Å². The number of carbonyl (C=O) groups is 1. The molecule has 0 radical (unpaired) electrons. The summed E-state index contributed by atoms with van der Waals surface area (Å²) in [6.07, 6.45) is 1.68. The van der Waals surface area contributed by atoms with Crippen LogP contribution >= 0.6 is 0 Å². The molecule has 112 valence electrons. The van der Waals surface area contributed by atoms with E-state index in [2.05, 4.69) is 10.3 Å². The lowest BCUT2D eigenvalue weighted by molar-refractivity contribution is 0.0696. The van der Waals surface area contributed by atoms with Crippen LogP contribution in [0.5, 0.6) is 5.75 Å². The van der Waals surface area contributed by atoms with E-state index in [1.54, 1.807) is 18.3 Å². The van der Waals surface area contributed by atoms with E-state index in [9.17, 15) is 4.79 Å². The third kappa shape index (κ3) is 4.32. The van der Waals surface area contributed by atoms with Crippen molar-refractivity contribution in [2.75, 3.05) is 13.2 Å². The summed E-state index contributed by atoms with van der Waals surface area (Å²) in [6.45, 7) is 4.82. The predicted molar refractivity (Wildman–Crippen MR) is 76.6 cm³/mol. The summed E-state index contributed by atoms with van der Waals surface area (Å²) >= 11 is 0. The molecule has 0 saturated heterocycles. The molecule has 1 heterocycles. The second-order valence-electron chi connectivity index (χ2n) is 4.67. The zero-order valence-corrected chi connectivity index (χ0v) is 12.0. The van der Waals surface area contributed by atoms with Crippen LogP contribution in [0, 0.1) is 6.92 Å². The van der Waals surface area contributed by atoms with Gasteiger partial charge in [-0.05, 0) is 32.0 Å². The lowest BCUT2D eigenvalue weighted by Gasteiger charge is -2.11. The fraction of sp³-hybridized carbons (Fsp3) is 0.333. The molecular weight excluding hydrogens is 272 g/mol. The Morgan fingerprint density at radius 1 is 1.52 bits per heavy atom. The highest BCUT2D eigenvalue weighted by molar-refractivity contribution is 5.87. The van der Waals surface area contributed by atoms with Crippen LogP contribution in [0.25, 0.3) is 0 Å². The molecular formula is C15H18N2O4. The van der Waals surface area contributed by atoms with E-state index in [1.165, 1.54) is 12.1 Å². The Hall–Kier alpha value is -2.34. The molecule has 6 nitrogen and oxygen atoms in total. The number of carboxylic acids is 1. The summed E-state index contributed by atoms with van der Waals surface area (Å²) < 4.78 is 10.9. The molecule has 0 spiro atoms. The van der Waals surface area contributed by atoms with Gasteiger partial charge in [0.25, 0.3) is 0 Å². The second-order valence-corrected chi connectivity index (χ2v) is 4.67. The lowest BCUT2D eigenvalue weighted by Crippen LogP contribution is -2.24. The number of aromatic carboxylic acids is 1. The van der Waals surface area contributed by atoms with Crippen molar-refractivity contribution >= 4 is 5.97 Å².